The zero-order valence-corrected chi connectivity index (χ0v) is 18.3. The van der Waals surface area contributed by atoms with E-state index in [2.05, 4.69) is 43.0 Å². The first-order chi connectivity index (χ1) is 13.9. The molecule has 0 unspecified atom stereocenters. The van der Waals surface area contributed by atoms with Gasteiger partial charge < -0.3 is 0 Å². The summed E-state index contributed by atoms with van der Waals surface area (Å²) in [6, 6.07) is 18.2. The van der Waals surface area contributed by atoms with Crippen molar-refractivity contribution in [2.75, 3.05) is 13.1 Å². The molecular formula is C24H32N2O2S. The minimum atomic E-state index is -3.41. The smallest absolute Gasteiger partial charge is 0.243 e. The highest BCUT2D eigenvalue weighted by Gasteiger charge is 2.43. The minimum Gasteiger partial charge on any atom is -0.299 e. The Labute approximate surface area is 175 Å². The third-order valence-electron chi connectivity index (χ3n) is 6.19. The third kappa shape index (κ3) is 4.73. The Morgan fingerprint density at radius 1 is 0.897 bits per heavy atom. The second kappa shape index (κ2) is 8.58. The zero-order valence-electron chi connectivity index (χ0n) is 17.5. The SMILES string of the molecule is CC(C)c1ccc(CN2CCC(N(C3CC3)S(=O)(=O)c3ccccc3)CC2)cc1. The largest absolute Gasteiger partial charge is 0.299 e. The molecule has 29 heavy (non-hydrogen) atoms. The Morgan fingerprint density at radius 3 is 2.03 bits per heavy atom. The van der Waals surface area contributed by atoms with Gasteiger partial charge in [-0.05, 0) is 54.9 Å². The predicted molar refractivity (Wildman–Crippen MR) is 117 cm³/mol. The topological polar surface area (TPSA) is 40.6 Å². The summed E-state index contributed by atoms with van der Waals surface area (Å²) in [4.78, 5) is 2.89. The van der Waals surface area contributed by atoms with Crippen LogP contribution in [0.15, 0.2) is 59.5 Å². The summed E-state index contributed by atoms with van der Waals surface area (Å²) in [6.45, 7) is 7.28. The average molecular weight is 413 g/mol. The summed E-state index contributed by atoms with van der Waals surface area (Å²) in [5.74, 6) is 0.555. The van der Waals surface area contributed by atoms with Crippen molar-refractivity contribution < 1.29 is 8.42 Å². The molecule has 0 radical (unpaired) electrons. The van der Waals surface area contributed by atoms with Crippen LogP contribution in [0, 0.1) is 0 Å². The van der Waals surface area contributed by atoms with Gasteiger partial charge in [0.1, 0.15) is 0 Å². The first-order valence-electron chi connectivity index (χ1n) is 10.8. The fourth-order valence-corrected chi connectivity index (χ4v) is 6.28. The summed E-state index contributed by atoms with van der Waals surface area (Å²) < 4.78 is 28.4. The summed E-state index contributed by atoms with van der Waals surface area (Å²) in [5, 5.41) is 0. The molecule has 0 spiro atoms. The van der Waals surface area contributed by atoms with E-state index in [4.69, 9.17) is 0 Å². The molecule has 1 heterocycles. The lowest BCUT2D eigenvalue weighted by Gasteiger charge is -2.38. The van der Waals surface area contributed by atoms with Gasteiger partial charge >= 0.3 is 0 Å². The standard InChI is InChI=1S/C24H32N2O2S/c1-19(2)21-10-8-20(9-11-21)18-25-16-14-23(15-17-25)26(22-12-13-22)29(27,28)24-6-4-3-5-7-24/h3-11,19,22-23H,12-18H2,1-2H3. The second-order valence-electron chi connectivity index (χ2n) is 8.78. The van der Waals surface area contributed by atoms with E-state index in [1.165, 1.54) is 11.1 Å². The van der Waals surface area contributed by atoms with Crippen LogP contribution in [0.5, 0.6) is 0 Å². The Balaban J connectivity index is 1.40. The molecule has 1 saturated carbocycles. The quantitative estimate of drug-likeness (QED) is 0.666. The fourth-order valence-electron chi connectivity index (χ4n) is 4.33. The van der Waals surface area contributed by atoms with Gasteiger partial charge in [-0.1, -0.05) is 56.3 Å². The number of sulfonamides is 1. The molecule has 0 atom stereocenters. The summed E-state index contributed by atoms with van der Waals surface area (Å²) in [5.41, 5.74) is 2.71. The number of hydrogen-bond donors (Lipinski definition) is 0. The second-order valence-corrected chi connectivity index (χ2v) is 10.6. The average Bonchev–Trinajstić information content (AvgIpc) is 3.55. The normalized spacial score (nSPS) is 19.2. The molecule has 156 valence electrons. The highest BCUT2D eigenvalue weighted by Crippen LogP contribution is 2.36. The first kappa shape index (κ1) is 20.6. The molecule has 4 rings (SSSR count). The third-order valence-corrected chi connectivity index (χ3v) is 8.21. The highest BCUT2D eigenvalue weighted by molar-refractivity contribution is 7.89. The van der Waals surface area contributed by atoms with Crippen molar-refractivity contribution in [2.45, 2.75) is 69.0 Å². The van der Waals surface area contributed by atoms with E-state index < -0.39 is 10.0 Å². The molecule has 0 aromatic heterocycles. The molecular weight excluding hydrogens is 380 g/mol. The van der Waals surface area contributed by atoms with Gasteiger partial charge in [0.05, 0.1) is 4.90 Å². The van der Waals surface area contributed by atoms with Crippen LogP contribution in [0.3, 0.4) is 0 Å². The molecule has 0 bridgehead atoms. The molecule has 4 nitrogen and oxygen atoms in total. The lowest BCUT2D eigenvalue weighted by molar-refractivity contribution is 0.150. The number of piperidine rings is 1. The van der Waals surface area contributed by atoms with Crippen LogP contribution < -0.4 is 0 Å². The Kier molecular flexibility index (Phi) is 6.09. The Bertz CT molecular complexity index is 898. The number of likely N-dealkylation sites (tertiary alicyclic amines) is 1. The predicted octanol–water partition coefficient (Wildman–Crippen LogP) is 4.63. The van der Waals surface area contributed by atoms with Crippen LogP contribution in [0.1, 0.15) is 56.6 Å². The van der Waals surface area contributed by atoms with Gasteiger partial charge in [0, 0.05) is 31.7 Å². The Hall–Kier alpha value is -1.69. The Morgan fingerprint density at radius 2 is 1.48 bits per heavy atom. The molecule has 2 aliphatic rings. The van der Waals surface area contributed by atoms with Gasteiger partial charge in [-0.25, -0.2) is 8.42 Å². The van der Waals surface area contributed by atoms with Gasteiger partial charge in [0.25, 0.3) is 0 Å². The van der Waals surface area contributed by atoms with E-state index in [1.54, 1.807) is 12.1 Å². The van der Waals surface area contributed by atoms with Gasteiger partial charge in [-0.3, -0.25) is 4.90 Å². The van der Waals surface area contributed by atoms with Crippen molar-refractivity contribution in [1.82, 2.24) is 9.21 Å². The number of nitrogens with zero attached hydrogens (tertiary/aromatic N) is 2. The van der Waals surface area contributed by atoms with Crippen molar-refractivity contribution in [3.05, 3.63) is 65.7 Å². The maximum absolute atomic E-state index is 13.3. The number of rotatable bonds is 7. The zero-order chi connectivity index (χ0) is 20.4. The van der Waals surface area contributed by atoms with Crippen LogP contribution >= 0.6 is 0 Å². The first-order valence-corrected chi connectivity index (χ1v) is 12.3. The van der Waals surface area contributed by atoms with Crippen LogP contribution in [0.25, 0.3) is 0 Å². The van der Waals surface area contributed by atoms with Crippen LogP contribution in [-0.2, 0) is 16.6 Å². The summed E-state index contributed by atoms with van der Waals surface area (Å²) in [7, 11) is -3.41. The molecule has 2 aromatic carbocycles. The maximum atomic E-state index is 13.3. The van der Waals surface area contributed by atoms with Gasteiger partial charge in [0.2, 0.25) is 10.0 Å². The number of hydrogen-bond acceptors (Lipinski definition) is 3. The van der Waals surface area contributed by atoms with E-state index in [0.29, 0.717) is 10.8 Å². The maximum Gasteiger partial charge on any atom is 0.243 e. The van der Waals surface area contributed by atoms with Crippen LogP contribution in [0.4, 0.5) is 0 Å². The van der Waals surface area contributed by atoms with E-state index >= 15 is 0 Å². The monoisotopic (exact) mass is 412 g/mol. The van der Waals surface area contributed by atoms with Crippen molar-refractivity contribution in [1.29, 1.82) is 0 Å². The van der Waals surface area contributed by atoms with E-state index in [9.17, 15) is 8.42 Å². The fraction of sp³-hybridized carbons (Fsp3) is 0.500. The summed E-state index contributed by atoms with van der Waals surface area (Å²) >= 11 is 0. The van der Waals surface area contributed by atoms with Gasteiger partial charge in [-0.15, -0.1) is 0 Å². The molecule has 1 aliphatic carbocycles. The van der Waals surface area contributed by atoms with E-state index in [1.807, 2.05) is 22.5 Å². The summed E-state index contributed by atoms with van der Waals surface area (Å²) in [6.07, 6.45) is 3.81. The van der Waals surface area contributed by atoms with E-state index in [-0.39, 0.29) is 12.1 Å². The van der Waals surface area contributed by atoms with Crippen molar-refractivity contribution in [3.8, 4) is 0 Å². The molecule has 1 saturated heterocycles. The molecule has 0 amide bonds. The minimum absolute atomic E-state index is 0.118. The van der Waals surface area contributed by atoms with Gasteiger partial charge in [0.15, 0.2) is 0 Å². The van der Waals surface area contributed by atoms with Crippen molar-refractivity contribution in [2.24, 2.45) is 0 Å². The van der Waals surface area contributed by atoms with Crippen molar-refractivity contribution >= 4 is 10.0 Å². The molecule has 1 aliphatic heterocycles. The van der Waals surface area contributed by atoms with Crippen LogP contribution in [-0.4, -0.2) is 42.8 Å². The van der Waals surface area contributed by atoms with Crippen molar-refractivity contribution in [3.63, 3.8) is 0 Å². The lowest BCUT2D eigenvalue weighted by atomic mass is 10.0. The van der Waals surface area contributed by atoms with E-state index in [0.717, 1.165) is 45.3 Å². The molecule has 2 fully saturated rings. The number of benzene rings is 2. The molecule has 5 heteroatoms. The highest BCUT2D eigenvalue weighted by atomic mass is 32.2. The molecule has 0 N–H and O–H groups in total. The lowest BCUT2D eigenvalue weighted by Crippen LogP contribution is -2.48. The van der Waals surface area contributed by atoms with Gasteiger partial charge in [-0.2, -0.15) is 4.31 Å². The van der Waals surface area contributed by atoms with Crippen LogP contribution in [0.2, 0.25) is 0 Å². The molecule has 2 aromatic rings.